The van der Waals surface area contributed by atoms with Crippen molar-refractivity contribution in [3.63, 3.8) is 0 Å². The molecule has 0 bridgehead atoms. The van der Waals surface area contributed by atoms with Crippen LogP contribution in [0.1, 0.15) is 11.4 Å². The predicted octanol–water partition coefficient (Wildman–Crippen LogP) is 1.10. The Kier molecular flexibility index (Phi) is 2.90. The molecule has 1 aromatic heterocycles. The third kappa shape index (κ3) is 1.96. The van der Waals surface area contributed by atoms with Gasteiger partial charge in [0.05, 0.1) is 22.9 Å². The van der Waals surface area contributed by atoms with Gasteiger partial charge in [0.2, 0.25) is 5.82 Å². The third-order valence-electron chi connectivity index (χ3n) is 1.79. The van der Waals surface area contributed by atoms with Crippen LogP contribution in [-0.2, 0) is 0 Å². The second kappa shape index (κ2) is 4.34. The molecule has 0 atom stereocenters. The summed E-state index contributed by atoms with van der Waals surface area (Å²) in [7, 11) is 0. The van der Waals surface area contributed by atoms with Crippen LogP contribution in [-0.4, -0.2) is 29.3 Å². The lowest BCUT2D eigenvalue weighted by atomic mass is 10.1. The summed E-state index contributed by atoms with van der Waals surface area (Å²) in [6.45, 7) is 0. The van der Waals surface area contributed by atoms with Crippen LogP contribution in [0, 0.1) is 0 Å². The zero-order valence-electron chi connectivity index (χ0n) is 7.45. The molecule has 1 N–H and O–H groups in total. The number of hydrogen-bond donors (Lipinski definition) is 1. The first kappa shape index (κ1) is 10.0. The maximum Gasteiger partial charge on any atom is 0.214 e. The molecule has 0 spiro atoms. The zero-order chi connectivity index (χ0) is 10.7. The molecular weight excluding hydrogens is 309 g/mol. The summed E-state index contributed by atoms with van der Waals surface area (Å²) in [5.74, 6) is 0.407. The lowest BCUT2D eigenvalue weighted by molar-refractivity contribution is 0.319. The van der Waals surface area contributed by atoms with Crippen molar-refractivity contribution < 1.29 is 5.21 Å². The van der Waals surface area contributed by atoms with Gasteiger partial charge in [-0.05, 0) is 10.4 Å². The molecule has 2 aromatic rings. The minimum atomic E-state index is 0.343. The van der Waals surface area contributed by atoms with Crippen molar-refractivity contribution in [1.82, 2.24) is 18.4 Å². The first-order chi connectivity index (χ1) is 7.33. The Morgan fingerprint density at radius 2 is 2.07 bits per heavy atom. The highest BCUT2D eigenvalue weighted by Crippen LogP contribution is 2.08. The summed E-state index contributed by atoms with van der Waals surface area (Å²) >= 11 is 1.91. The zero-order valence-corrected chi connectivity index (χ0v) is 9.61. The van der Waals surface area contributed by atoms with E-state index in [-0.39, 0.29) is 0 Å². The van der Waals surface area contributed by atoms with Gasteiger partial charge in [0.1, 0.15) is 0 Å². The average Bonchev–Trinajstić information content (AvgIpc) is 2.68. The molecule has 0 saturated carbocycles. The minimum Gasteiger partial charge on any atom is -0.410 e. The molecule has 0 unspecified atom stereocenters. The molecule has 6 nitrogen and oxygen atoms in total. The highest BCUT2D eigenvalue weighted by molar-refractivity contribution is 14.1. The van der Waals surface area contributed by atoms with Crippen molar-refractivity contribution in [2.24, 2.45) is 5.16 Å². The third-order valence-corrected chi connectivity index (χ3v) is 2.44. The van der Waals surface area contributed by atoms with E-state index in [9.17, 15) is 0 Å². The molecule has 15 heavy (non-hydrogen) atoms. The van der Waals surface area contributed by atoms with Gasteiger partial charge in [0.15, 0.2) is 5.71 Å². The van der Waals surface area contributed by atoms with Gasteiger partial charge < -0.3 is 5.21 Å². The lowest BCUT2D eigenvalue weighted by Gasteiger charge is -2.00. The molecule has 0 saturated heterocycles. The van der Waals surface area contributed by atoms with E-state index in [0.29, 0.717) is 11.5 Å². The summed E-state index contributed by atoms with van der Waals surface area (Å²) in [5.41, 5.74) is 1.10. The second-order valence-electron chi connectivity index (χ2n) is 2.68. The first-order valence-corrected chi connectivity index (χ1v) is 5.02. The van der Waals surface area contributed by atoms with Gasteiger partial charge in [-0.3, -0.25) is 0 Å². The van der Waals surface area contributed by atoms with Crippen LogP contribution in [0.2, 0.25) is 0 Å². The number of oxime groups is 1. The normalized spacial score (nSPS) is 11.7. The number of hydrogen-bond acceptors (Lipinski definition) is 5. The van der Waals surface area contributed by atoms with E-state index in [0.717, 1.165) is 5.56 Å². The van der Waals surface area contributed by atoms with E-state index >= 15 is 0 Å². The SMILES string of the molecule is O/N=C(/c1ccccc1)c1nnnn1I. The largest absolute Gasteiger partial charge is 0.410 e. The van der Waals surface area contributed by atoms with Crippen LogP contribution in [0.15, 0.2) is 35.5 Å². The van der Waals surface area contributed by atoms with Crippen molar-refractivity contribution in [1.29, 1.82) is 0 Å². The fourth-order valence-electron chi connectivity index (χ4n) is 1.14. The number of rotatable bonds is 2. The van der Waals surface area contributed by atoms with Crippen molar-refractivity contribution in [2.45, 2.75) is 0 Å². The summed E-state index contributed by atoms with van der Waals surface area (Å²) in [6.07, 6.45) is 0. The number of nitrogens with zero attached hydrogens (tertiary/aromatic N) is 5. The molecule has 1 aromatic carbocycles. The van der Waals surface area contributed by atoms with Gasteiger partial charge in [-0.25, -0.2) is 0 Å². The summed E-state index contributed by atoms with van der Waals surface area (Å²) in [4.78, 5) is 0. The van der Waals surface area contributed by atoms with Gasteiger partial charge in [0, 0.05) is 5.56 Å². The van der Waals surface area contributed by atoms with Crippen molar-refractivity contribution >= 4 is 28.6 Å². The Bertz CT molecular complexity index is 481. The Hall–Kier alpha value is -1.51. The molecule has 0 fully saturated rings. The Labute approximate surface area is 99.1 Å². The summed E-state index contributed by atoms with van der Waals surface area (Å²) < 4.78 is 1.42. The van der Waals surface area contributed by atoms with Crippen LogP contribution in [0.25, 0.3) is 0 Å². The van der Waals surface area contributed by atoms with Crippen LogP contribution < -0.4 is 0 Å². The number of aromatic nitrogens is 4. The average molecular weight is 315 g/mol. The van der Waals surface area contributed by atoms with Crippen molar-refractivity contribution in [2.75, 3.05) is 0 Å². The van der Waals surface area contributed by atoms with Gasteiger partial charge in [-0.15, -0.1) is 5.10 Å². The van der Waals surface area contributed by atoms with E-state index in [4.69, 9.17) is 5.21 Å². The van der Waals surface area contributed by atoms with Gasteiger partial charge in [-0.2, -0.15) is 2.90 Å². The molecule has 1 heterocycles. The molecule has 2 rings (SSSR count). The standard InChI is InChI=1S/C8H6IN5O/c9-14-8(10-12-13-14)7(11-15)6-4-2-1-3-5-6/h1-5,15H/b11-7-. The van der Waals surface area contributed by atoms with Gasteiger partial charge in [-0.1, -0.05) is 35.5 Å². The predicted molar refractivity (Wildman–Crippen MR) is 61.1 cm³/mol. The van der Waals surface area contributed by atoms with Gasteiger partial charge >= 0.3 is 0 Å². The maximum atomic E-state index is 8.95. The Morgan fingerprint density at radius 1 is 1.33 bits per heavy atom. The topological polar surface area (TPSA) is 76.2 Å². The highest BCUT2D eigenvalue weighted by atomic mass is 127. The highest BCUT2D eigenvalue weighted by Gasteiger charge is 2.14. The molecule has 0 amide bonds. The fourth-order valence-corrected chi connectivity index (χ4v) is 1.55. The van der Waals surface area contributed by atoms with Crippen LogP contribution in [0.5, 0.6) is 0 Å². The quantitative estimate of drug-likeness (QED) is 0.390. The molecular formula is C8H6IN5O. The van der Waals surface area contributed by atoms with Crippen LogP contribution >= 0.6 is 22.9 Å². The fraction of sp³-hybridized carbons (Fsp3) is 0. The lowest BCUT2D eigenvalue weighted by Crippen LogP contribution is -2.08. The molecule has 7 heteroatoms. The van der Waals surface area contributed by atoms with E-state index in [1.165, 1.54) is 2.90 Å². The number of halogens is 1. The van der Waals surface area contributed by atoms with Crippen molar-refractivity contribution in [3.8, 4) is 0 Å². The van der Waals surface area contributed by atoms with E-state index < -0.39 is 0 Å². The molecule has 0 aliphatic rings. The first-order valence-electron chi connectivity index (χ1n) is 4.05. The smallest absolute Gasteiger partial charge is 0.214 e. The Balaban J connectivity index is 2.48. The number of benzene rings is 1. The molecule has 0 radical (unpaired) electrons. The Morgan fingerprint density at radius 3 is 2.60 bits per heavy atom. The molecule has 76 valence electrons. The second-order valence-corrected chi connectivity index (χ2v) is 3.59. The maximum absolute atomic E-state index is 8.95. The monoisotopic (exact) mass is 315 g/mol. The number of tetrazole rings is 1. The minimum absolute atomic E-state index is 0.343. The van der Waals surface area contributed by atoms with Crippen LogP contribution in [0.3, 0.4) is 0 Å². The van der Waals surface area contributed by atoms with Gasteiger partial charge in [0.25, 0.3) is 0 Å². The van der Waals surface area contributed by atoms with Crippen molar-refractivity contribution in [3.05, 3.63) is 41.7 Å². The van der Waals surface area contributed by atoms with E-state index in [1.807, 2.05) is 53.2 Å². The van der Waals surface area contributed by atoms with E-state index in [2.05, 4.69) is 20.7 Å². The summed E-state index contributed by atoms with van der Waals surface area (Å²) in [5, 5.41) is 23.1. The summed E-state index contributed by atoms with van der Waals surface area (Å²) in [6, 6.07) is 9.22. The van der Waals surface area contributed by atoms with Crippen LogP contribution in [0.4, 0.5) is 0 Å². The van der Waals surface area contributed by atoms with E-state index in [1.54, 1.807) is 0 Å². The molecule has 0 aliphatic carbocycles. The molecule has 0 aliphatic heterocycles.